The highest BCUT2D eigenvalue weighted by molar-refractivity contribution is 6.33. The highest BCUT2D eigenvalue weighted by Gasteiger charge is 2.22. The second-order valence-electron chi connectivity index (χ2n) is 4.76. The third kappa shape index (κ3) is 4.34. The van der Waals surface area contributed by atoms with Crippen LogP contribution in [0, 0.1) is 0 Å². The summed E-state index contributed by atoms with van der Waals surface area (Å²) in [5.74, 6) is -1.12. The number of benzene rings is 1. The van der Waals surface area contributed by atoms with Crippen molar-refractivity contribution in [3.05, 3.63) is 47.2 Å². The molecule has 1 aromatic heterocycles. The summed E-state index contributed by atoms with van der Waals surface area (Å²) in [6, 6.07) is 10.2. The summed E-state index contributed by atoms with van der Waals surface area (Å²) in [5.41, 5.74) is 0.662. The van der Waals surface area contributed by atoms with Gasteiger partial charge in [-0.05, 0) is 24.3 Å². The summed E-state index contributed by atoms with van der Waals surface area (Å²) in [6.45, 7) is -0.0365. The molecule has 2 rings (SSSR count). The molecule has 1 aromatic carbocycles. The van der Waals surface area contributed by atoms with Gasteiger partial charge in [-0.3, -0.25) is 9.59 Å². The first kappa shape index (κ1) is 17.1. The van der Waals surface area contributed by atoms with Gasteiger partial charge in [-0.15, -0.1) is 0 Å². The van der Waals surface area contributed by atoms with Crippen LogP contribution >= 0.6 is 11.6 Å². The minimum atomic E-state index is -1.10. The van der Waals surface area contributed by atoms with Crippen molar-refractivity contribution in [1.82, 2.24) is 4.90 Å². The first-order valence-corrected chi connectivity index (χ1v) is 7.25. The largest absolute Gasteiger partial charge is 0.480 e. The zero-order valence-electron chi connectivity index (χ0n) is 12.5. The van der Waals surface area contributed by atoms with E-state index in [1.807, 2.05) is 0 Å². The second kappa shape index (κ2) is 7.80. The van der Waals surface area contributed by atoms with Gasteiger partial charge in [0.25, 0.3) is 5.91 Å². The smallest absolute Gasteiger partial charge is 0.323 e. The van der Waals surface area contributed by atoms with E-state index in [1.165, 1.54) is 13.2 Å². The Labute approximate surface area is 138 Å². The Morgan fingerprint density at radius 2 is 2.00 bits per heavy atom. The van der Waals surface area contributed by atoms with Gasteiger partial charge in [0.15, 0.2) is 5.76 Å². The van der Waals surface area contributed by atoms with Crippen LogP contribution in [0.3, 0.4) is 0 Å². The van der Waals surface area contributed by atoms with E-state index in [-0.39, 0.29) is 18.9 Å². The number of amides is 1. The molecule has 0 aliphatic heterocycles. The number of carboxylic acids is 1. The Bertz CT molecular complexity index is 697. The van der Waals surface area contributed by atoms with Crippen molar-refractivity contribution in [2.75, 3.05) is 26.8 Å². The van der Waals surface area contributed by atoms with Gasteiger partial charge in [0.1, 0.15) is 12.3 Å². The molecule has 0 saturated heterocycles. The van der Waals surface area contributed by atoms with Gasteiger partial charge in [-0.1, -0.05) is 23.7 Å². The minimum Gasteiger partial charge on any atom is -0.480 e. The number of aliphatic carboxylic acids is 1. The van der Waals surface area contributed by atoms with E-state index in [2.05, 4.69) is 0 Å². The van der Waals surface area contributed by atoms with Crippen LogP contribution in [-0.2, 0) is 9.53 Å². The van der Waals surface area contributed by atoms with Crippen molar-refractivity contribution >= 4 is 23.5 Å². The predicted octanol–water partition coefficient (Wildman–Crippen LogP) is 2.77. The van der Waals surface area contributed by atoms with E-state index in [1.54, 1.807) is 30.3 Å². The molecular weight excluding hydrogens is 322 g/mol. The molecule has 1 amide bonds. The van der Waals surface area contributed by atoms with Gasteiger partial charge in [0.2, 0.25) is 0 Å². The molecule has 0 atom stereocenters. The van der Waals surface area contributed by atoms with Crippen LogP contribution in [0.4, 0.5) is 0 Å². The van der Waals surface area contributed by atoms with Crippen molar-refractivity contribution in [1.29, 1.82) is 0 Å². The number of hydrogen-bond acceptors (Lipinski definition) is 4. The maximum Gasteiger partial charge on any atom is 0.323 e. The Balaban J connectivity index is 2.22. The number of carbonyl (C=O) groups is 2. The highest BCUT2D eigenvalue weighted by atomic mass is 35.5. The zero-order valence-corrected chi connectivity index (χ0v) is 13.2. The van der Waals surface area contributed by atoms with Crippen LogP contribution in [0.5, 0.6) is 0 Å². The zero-order chi connectivity index (χ0) is 16.8. The summed E-state index contributed by atoms with van der Waals surface area (Å²) < 4.78 is 10.4. The fourth-order valence-corrected chi connectivity index (χ4v) is 2.26. The molecule has 0 aliphatic carbocycles. The van der Waals surface area contributed by atoms with E-state index in [0.29, 0.717) is 16.3 Å². The summed E-state index contributed by atoms with van der Waals surface area (Å²) in [6.07, 6.45) is 0. The minimum absolute atomic E-state index is 0.0530. The van der Waals surface area contributed by atoms with E-state index < -0.39 is 18.4 Å². The van der Waals surface area contributed by atoms with E-state index in [4.69, 9.17) is 25.9 Å². The number of hydrogen-bond donors (Lipinski definition) is 1. The van der Waals surface area contributed by atoms with Crippen molar-refractivity contribution in [3.8, 4) is 11.3 Å². The lowest BCUT2D eigenvalue weighted by Gasteiger charge is -2.18. The number of methoxy groups -OCH3 is 1. The van der Waals surface area contributed by atoms with E-state index in [9.17, 15) is 9.59 Å². The molecule has 0 spiro atoms. The van der Waals surface area contributed by atoms with Gasteiger partial charge < -0.3 is 19.2 Å². The number of nitrogens with zero attached hydrogens (tertiary/aromatic N) is 1. The van der Waals surface area contributed by atoms with Gasteiger partial charge in [-0.25, -0.2) is 0 Å². The molecule has 0 aliphatic rings. The van der Waals surface area contributed by atoms with Crippen LogP contribution < -0.4 is 0 Å². The van der Waals surface area contributed by atoms with E-state index >= 15 is 0 Å². The quantitative estimate of drug-likeness (QED) is 0.840. The lowest BCUT2D eigenvalue weighted by atomic mass is 10.2. The topological polar surface area (TPSA) is 80.0 Å². The molecule has 0 saturated carbocycles. The fourth-order valence-electron chi connectivity index (χ4n) is 2.03. The number of furan rings is 1. The van der Waals surface area contributed by atoms with Gasteiger partial charge >= 0.3 is 5.97 Å². The summed E-state index contributed by atoms with van der Waals surface area (Å²) in [5, 5.41) is 9.42. The van der Waals surface area contributed by atoms with E-state index in [0.717, 1.165) is 4.90 Å². The van der Waals surface area contributed by atoms with Crippen LogP contribution in [0.1, 0.15) is 10.6 Å². The average Bonchev–Trinajstić information content (AvgIpc) is 3.00. The lowest BCUT2D eigenvalue weighted by molar-refractivity contribution is -0.137. The Morgan fingerprint density at radius 1 is 1.26 bits per heavy atom. The van der Waals surface area contributed by atoms with Gasteiger partial charge in [0, 0.05) is 19.2 Å². The molecule has 122 valence electrons. The normalized spacial score (nSPS) is 10.5. The molecule has 1 heterocycles. The Hall–Kier alpha value is -2.31. The first-order chi connectivity index (χ1) is 11.0. The standard InChI is InChI=1S/C16H16ClNO5/c1-22-9-8-18(10-15(19)20)16(21)14-7-6-13(23-14)11-4-2-3-5-12(11)17/h2-7H,8-10H2,1H3,(H,19,20). The molecule has 0 radical (unpaired) electrons. The number of carboxylic acid groups (broad SMARTS) is 1. The van der Waals surface area contributed by atoms with Gasteiger partial charge in [0.05, 0.1) is 11.6 Å². The average molecular weight is 338 g/mol. The third-order valence-electron chi connectivity index (χ3n) is 3.13. The predicted molar refractivity (Wildman–Crippen MR) is 84.6 cm³/mol. The molecular formula is C16H16ClNO5. The molecule has 7 heteroatoms. The summed E-state index contributed by atoms with van der Waals surface area (Å²) in [7, 11) is 1.48. The van der Waals surface area contributed by atoms with Crippen LogP contribution in [0.2, 0.25) is 5.02 Å². The molecule has 23 heavy (non-hydrogen) atoms. The molecule has 0 unspecified atom stereocenters. The molecule has 1 N–H and O–H groups in total. The monoisotopic (exact) mass is 337 g/mol. The molecule has 0 bridgehead atoms. The van der Waals surface area contributed by atoms with Crippen molar-refractivity contribution in [3.63, 3.8) is 0 Å². The van der Waals surface area contributed by atoms with Crippen molar-refractivity contribution < 1.29 is 23.8 Å². The Kier molecular flexibility index (Phi) is 5.78. The first-order valence-electron chi connectivity index (χ1n) is 6.87. The van der Waals surface area contributed by atoms with Crippen molar-refractivity contribution in [2.45, 2.75) is 0 Å². The number of halogens is 1. The second-order valence-corrected chi connectivity index (χ2v) is 5.16. The maximum absolute atomic E-state index is 12.4. The third-order valence-corrected chi connectivity index (χ3v) is 3.46. The highest BCUT2D eigenvalue weighted by Crippen LogP contribution is 2.29. The summed E-state index contributed by atoms with van der Waals surface area (Å²) in [4.78, 5) is 24.4. The van der Waals surface area contributed by atoms with Crippen molar-refractivity contribution in [2.24, 2.45) is 0 Å². The number of ether oxygens (including phenoxy) is 1. The fraction of sp³-hybridized carbons (Fsp3) is 0.250. The number of carbonyl (C=O) groups excluding carboxylic acids is 1. The van der Waals surface area contributed by atoms with Crippen LogP contribution in [0.15, 0.2) is 40.8 Å². The molecule has 6 nitrogen and oxygen atoms in total. The maximum atomic E-state index is 12.4. The van der Waals surface area contributed by atoms with Crippen LogP contribution in [-0.4, -0.2) is 48.7 Å². The number of rotatable bonds is 7. The molecule has 0 fully saturated rings. The summed E-state index contributed by atoms with van der Waals surface area (Å²) >= 11 is 6.10. The van der Waals surface area contributed by atoms with Gasteiger partial charge in [-0.2, -0.15) is 0 Å². The van der Waals surface area contributed by atoms with Crippen LogP contribution in [0.25, 0.3) is 11.3 Å². The SMILES string of the molecule is COCCN(CC(=O)O)C(=O)c1ccc(-c2ccccc2Cl)o1. The Morgan fingerprint density at radius 3 is 2.65 bits per heavy atom. The lowest BCUT2D eigenvalue weighted by Crippen LogP contribution is -2.37. The molecule has 2 aromatic rings.